The Morgan fingerprint density at radius 1 is 1.30 bits per heavy atom. The molecular formula is C17H26N2O. The number of nitrogens with zero attached hydrogens (tertiary/aromatic N) is 1. The van der Waals surface area contributed by atoms with Gasteiger partial charge in [0, 0.05) is 19.0 Å². The third-order valence-electron chi connectivity index (χ3n) is 4.68. The topological polar surface area (TPSA) is 24.5 Å². The second-order valence-electron chi connectivity index (χ2n) is 6.11. The number of benzene rings is 1. The van der Waals surface area contributed by atoms with E-state index in [4.69, 9.17) is 4.74 Å². The minimum absolute atomic E-state index is 0.753. The highest BCUT2D eigenvalue weighted by atomic mass is 16.5. The summed E-state index contributed by atoms with van der Waals surface area (Å²) in [5.41, 5.74) is 2.84. The minimum atomic E-state index is 0.753. The average Bonchev–Trinajstić information content (AvgIpc) is 2.76. The molecule has 1 fully saturated rings. The summed E-state index contributed by atoms with van der Waals surface area (Å²) in [6, 6.07) is 7.47. The molecule has 3 rings (SSSR count). The molecule has 1 atom stereocenters. The fourth-order valence-corrected chi connectivity index (χ4v) is 3.32. The average molecular weight is 274 g/mol. The Morgan fingerprint density at radius 2 is 2.25 bits per heavy atom. The van der Waals surface area contributed by atoms with Crippen molar-refractivity contribution in [1.29, 1.82) is 0 Å². The van der Waals surface area contributed by atoms with Crippen LogP contribution in [0.15, 0.2) is 18.2 Å². The van der Waals surface area contributed by atoms with Crippen molar-refractivity contribution >= 4 is 0 Å². The van der Waals surface area contributed by atoms with Gasteiger partial charge in [-0.25, -0.2) is 0 Å². The molecule has 0 bridgehead atoms. The van der Waals surface area contributed by atoms with E-state index in [1.165, 1.54) is 43.5 Å². The number of likely N-dealkylation sites (N-methyl/N-ethyl adjacent to an activating group) is 1. The minimum Gasteiger partial charge on any atom is -0.493 e. The smallest absolute Gasteiger partial charge is 0.122 e. The van der Waals surface area contributed by atoms with Crippen LogP contribution in [0, 0.1) is 0 Å². The van der Waals surface area contributed by atoms with E-state index in [0.717, 1.165) is 37.8 Å². The van der Waals surface area contributed by atoms with Crippen LogP contribution in [-0.4, -0.2) is 44.2 Å². The highest BCUT2D eigenvalue weighted by molar-refractivity contribution is 5.39. The van der Waals surface area contributed by atoms with Gasteiger partial charge in [-0.05, 0) is 63.0 Å². The Bertz CT molecular complexity index is 439. The van der Waals surface area contributed by atoms with E-state index in [2.05, 4.69) is 35.5 Å². The van der Waals surface area contributed by atoms with Crippen molar-refractivity contribution in [1.82, 2.24) is 10.2 Å². The second kappa shape index (κ2) is 6.59. The van der Waals surface area contributed by atoms with E-state index < -0.39 is 0 Å². The SMILES string of the molecule is CN(CCc1ccc2c(c1)CCO2)C1CCCNCC1. The molecule has 1 N–H and O–H groups in total. The third-order valence-corrected chi connectivity index (χ3v) is 4.68. The number of nitrogens with one attached hydrogen (secondary N) is 1. The zero-order chi connectivity index (χ0) is 13.8. The normalized spacial score (nSPS) is 22.4. The first-order chi connectivity index (χ1) is 9.83. The lowest BCUT2D eigenvalue weighted by Gasteiger charge is -2.26. The molecule has 1 saturated heterocycles. The van der Waals surface area contributed by atoms with Crippen molar-refractivity contribution in [2.75, 3.05) is 33.3 Å². The molecule has 0 saturated carbocycles. The number of hydrogen-bond acceptors (Lipinski definition) is 3. The van der Waals surface area contributed by atoms with Gasteiger partial charge in [-0.1, -0.05) is 12.1 Å². The van der Waals surface area contributed by atoms with Gasteiger partial charge < -0.3 is 15.0 Å². The van der Waals surface area contributed by atoms with Gasteiger partial charge in [0.25, 0.3) is 0 Å². The van der Waals surface area contributed by atoms with Gasteiger partial charge >= 0.3 is 0 Å². The Morgan fingerprint density at radius 3 is 3.20 bits per heavy atom. The second-order valence-corrected chi connectivity index (χ2v) is 6.11. The number of ether oxygens (including phenoxy) is 1. The van der Waals surface area contributed by atoms with Crippen LogP contribution >= 0.6 is 0 Å². The fraction of sp³-hybridized carbons (Fsp3) is 0.647. The third kappa shape index (κ3) is 3.33. The molecule has 2 aliphatic heterocycles. The van der Waals surface area contributed by atoms with Gasteiger partial charge in [0.1, 0.15) is 5.75 Å². The zero-order valence-corrected chi connectivity index (χ0v) is 12.5. The summed E-state index contributed by atoms with van der Waals surface area (Å²) >= 11 is 0. The number of fused-ring (bicyclic) bond motifs is 1. The molecule has 1 aromatic carbocycles. The predicted molar refractivity (Wildman–Crippen MR) is 82.5 cm³/mol. The predicted octanol–water partition coefficient (Wildman–Crippen LogP) is 2.24. The van der Waals surface area contributed by atoms with Gasteiger partial charge in [-0.2, -0.15) is 0 Å². The van der Waals surface area contributed by atoms with Crippen molar-refractivity contribution in [3.63, 3.8) is 0 Å². The lowest BCUT2D eigenvalue weighted by molar-refractivity contribution is 0.227. The van der Waals surface area contributed by atoms with E-state index in [9.17, 15) is 0 Å². The zero-order valence-electron chi connectivity index (χ0n) is 12.5. The molecule has 2 aliphatic rings. The summed E-state index contributed by atoms with van der Waals surface area (Å²) in [4.78, 5) is 2.55. The number of rotatable bonds is 4. The standard InChI is InChI=1S/C17H26N2O/c1-19(16-3-2-9-18-10-6-16)11-7-14-4-5-17-15(13-14)8-12-20-17/h4-5,13,16,18H,2-3,6-12H2,1H3. The van der Waals surface area contributed by atoms with Crippen LogP contribution in [0.5, 0.6) is 5.75 Å². The Hall–Kier alpha value is -1.06. The summed E-state index contributed by atoms with van der Waals surface area (Å²) in [6.07, 6.45) is 6.16. The fourth-order valence-electron chi connectivity index (χ4n) is 3.32. The van der Waals surface area contributed by atoms with Crippen LogP contribution in [0.1, 0.15) is 30.4 Å². The maximum atomic E-state index is 5.57. The molecule has 0 radical (unpaired) electrons. The molecule has 0 spiro atoms. The lowest BCUT2D eigenvalue weighted by atomic mass is 10.0. The Labute approximate surface area is 122 Å². The molecule has 2 heterocycles. The van der Waals surface area contributed by atoms with E-state index in [-0.39, 0.29) is 0 Å². The van der Waals surface area contributed by atoms with Gasteiger partial charge in [-0.15, -0.1) is 0 Å². The highest BCUT2D eigenvalue weighted by Crippen LogP contribution is 2.26. The molecule has 1 unspecified atom stereocenters. The van der Waals surface area contributed by atoms with Crippen LogP contribution in [0.3, 0.4) is 0 Å². The molecule has 0 amide bonds. The van der Waals surface area contributed by atoms with E-state index in [1.54, 1.807) is 0 Å². The maximum absolute atomic E-state index is 5.57. The van der Waals surface area contributed by atoms with Gasteiger partial charge in [-0.3, -0.25) is 0 Å². The first kappa shape index (κ1) is 13.9. The summed E-state index contributed by atoms with van der Waals surface area (Å²) < 4.78 is 5.57. The molecule has 0 aromatic heterocycles. The summed E-state index contributed by atoms with van der Waals surface area (Å²) in [5.74, 6) is 1.09. The molecule has 0 aliphatic carbocycles. The largest absolute Gasteiger partial charge is 0.493 e. The van der Waals surface area contributed by atoms with Gasteiger partial charge in [0.15, 0.2) is 0 Å². The summed E-state index contributed by atoms with van der Waals surface area (Å²) in [7, 11) is 2.28. The Kier molecular flexibility index (Phi) is 4.58. The van der Waals surface area contributed by atoms with Crippen LogP contribution in [0.25, 0.3) is 0 Å². The van der Waals surface area contributed by atoms with Crippen LogP contribution in [-0.2, 0) is 12.8 Å². The van der Waals surface area contributed by atoms with E-state index in [0.29, 0.717) is 0 Å². The molecule has 3 nitrogen and oxygen atoms in total. The quantitative estimate of drug-likeness (QED) is 0.911. The van der Waals surface area contributed by atoms with E-state index >= 15 is 0 Å². The Balaban J connectivity index is 1.53. The van der Waals surface area contributed by atoms with Gasteiger partial charge in [0.05, 0.1) is 6.61 Å². The van der Waals surface area contributed by atoms with Crippen molar-refractivity contribution in [3.8, 4) is 5.75 Å². The molecule has 20 heavy (non-hydrogen) atoms. The summed E-state index contributed by atoms with van der Waals surface area (Å²) in [5, 5.41) is 3.49. The first-order valence-corrected chi connectivity index (χ1v) is 7.98. The van der Waals surface area contributed by atoms with Crippen LogP contribution in [0.2, 0.25) is 0 Å². The monoisotopic (exact) mass is 274 g/mol. The highest BCUT2D eigenvalue weighted by Gasteiger charge is 2.17. The van der Waals surface area contributed by atoms with Crippen LogP contribution < -0.4 is 10.1 Å². The van der Waals surface area contributed by atoms with Crippen molar-refractivity contribution in [2.24, 2.45) is 0 Å². The molecule has 1 aromatic rings. The van der Waals surface area contributed by atoms with Crippen molar-refractivity contribution in [2.45, 2.75) is 38.1 Å². The molecule has 3 heteroatoms. The summed E-state index contributed by atoms with van der Waals surface area (Å²) in [6.45, 7) is 4.37. The lowest BCUT2D eigenvalue weighted by Crippen LogP contribution is -2.34. The first-order valence-electron chi connectivity index (χ1n) is 7.98. The van der Waals surface area contributed by atoms with Crippen LogP contribution in [0.4, 0.5) is 0 Å². The number of hydrogen-bond donors (Lipinski definition) is 1. The van der Waals surface area contributed by atoms with Gasteiger partial charge in [0.2, 0.25) is 0 Å². The van der Waals surface area contributed by atoms with Crippen molar-refractivity contribution in [3.05, 3.63) is 29.3 Å². The molecule has 110 valence electrons. The molecular weight excluding hydrogens is 248 g/mol. The maximum Gasteiger partial charge on any atom is 0.122 e. The van der Waals surface area contributed by atoms with E-state index in [1.807, 2.05) is 0 Å². The van der Waals surface area contributed by atoms with Crippen molar-refractivity contribution < 1.29 is 4.74 Å².